The topological polar surface area (TPSA) is 41.3 Å². The molecule has 152 valence electrons. The maximum Gasteiger partial charge on any atom is 0.123 e. The first kappa shape index (κ1) is 19.7. The van der Waals surface area contributed by atoms with E-state index in [0.29, 0.717) is 12.8 Å². The van der Waals surface area contributed by atoms with E-state index in [9.17, 15) is 13.9 Å². The Morgan fingerprint density at radius 3 is 2.17 bits per heavy atom. The Kier molecular flexibility index (Phi) is 5.48. The van der Waals surface area contributed by atoms with Crippen LogP contribution in [0.3, 0.4) is 0 Å². The molecule has 1 aliphatic rings. The molecule has 3 aromatic rings. The highest BCUT2D eigenvalue weighted by atomic mass is 19.1. The van der Waals surface area contributed by atoms with E-state index in [1.165, 1.54) is 24.3 Å². The van der Waals surface area contributed by atoms with Gasteiger partial charge < -0.3 is 5.11 Å². The maximum absolute atomic E-state index is 13.3. The molecule has 1 atom stereocenters. The average molecular weight is 397 g/mol. The SMILES string of the molecule is C[C@@H](c1ccnn1-c1ccc(F)cc1)C1(O)CCN(Cc2ccc(F)cc2)CC1. The predicted octanol–water partition coefficient (Wildman–Crippen LogP) is 4.28. The van der Waals surface area contributed by atoms with Crippen LogP contribution in [0.5, 0.6) is 0 Å². The largest absolute Gasteiger partial charge is 0.389 e. The van der Waals surface area contributed by atoms with Crippen molar-refractivity contribution in [2.75, 3.05) is 13.1 Å². The first-order chi connectivity index (χ1) is 13.9. The van der Waals surface area contributed by atoms with Gasteiger partial charge in [0.05, 0.1) is 11.3 Å². The molecule has 0 amide bonds. The summed E-state index contributed by atoms with van der Waals surface area (Å²) < 4.78 is 28.1. The quantitative estimate of drug-likeness (QED) is 0.699. The standard InChI is InChI=1S/C23H25F2N3O/c1-17(22-10-13-26-28(22)21-8-6-20(25)7-9-21)23(29)11-14-27(15-12-23)16-18-2-4-19(24)5-3-18/h2-10,13,17,29H,11-12,14-16H2,1H3/t17-/m0/s1. The fraction of sp³-hybridized carbons (Fsp3) is 0.348. The van der Waals surface area contributed by atoms with Crippen molar-refractivity contribution in [2.45, 2.75) is 37.8 Å². The average Bonchev–Trinajstić information content (AvgIpc) is 3.21. The molecule has 1 fully saturated rings. The third-order valence-corrected chi connectivity index (χ3v) is 6.03. The molecule has 0 bridgehead atoms. The zero-order chi connectivity index (χ0) is 20.4. The molecular weight excluding hydrogens is 372 g/mol. The number of halogens is 2. The molecule has 0 spiro atoms. The Bertz CT molecular complexity index is 945. The van der Waals surface area contributed by atoms with Gasteiger partial charge in [-0.1, -0.05) is 19.1 Å². The van der Waals surface area contributed by atoms with E-state index >= 15 is 0 Å². The fourth-order valence-corrected chi connectivity index (χ4v) is 4.09. The van der Waals surface area contributed by atoms with Crippen LogP contribution in [0.4, 0.5) is 8.78 Å². The Labute approximate surface area is 169 Å². The summed E-state index contributed by atoms with van der Waals surface area (Å²) in [6, 6.07) is 14.7. The zero-order valence-electron chi connectivity index (χ0n) is 16.4. The van der Waals surface area contributed by atoms with Crippen LogP contribution in [-0.4, -0.2) is 38.5 Å². The summed E-state index contributed by atoms with van der Waals surface area (Å²) in [5, 5.41) is 15.8. The van der Waals surface area contributed by atoms with Crippen LogP contribution >= 0.6 is 0 Å². The van der Waals surface area contributed by atoms with Gasteiger partial charge in [-0.3, -0.25) is 4.90 Å². The minimum atomic E-state index is -0.836. The van der Waals surface area contributed by atoms with E-state index in [0.717, 1.165) is 36.6 Å². The third-order valence-electron chi connectivity index (χ3n) is 6.03. The van der Waals surface area contributed by atoms with Crippen LogP contribution in [0.15, 0.2) is 60.8 Å². The van der Waals surface area contributed by atoms with Crippen molar-refractivity contribution in [3.8, 4) is 5.69 Å². The third kappa shape index (κ3) is 4.23. The van der Waals surface area contributed by atoms with Crippen molar-refractivity contribution in [3.63, 3.8) is 0 Å². The molecule has 0 saturated carbocycles. The van der Waals surface area contributed by atoms with Gasteiger partial charge in [-0.2, -0.15) is 5.10 Å². The number of likely N-dealkylation sites (tertiary alicyclic amines) is 1. The van der Waals surface area contributed by atoms with Gasteiger partial charge in [-0.25, -0.2) is 13.5 Å². The minimum absolute atomic E-state index is 0.122. The molecule has 0 unspecified atom stereocenters. The van der Waals surface area contributed by atoms with Gasteiger partial charge in [-0.05, 0) is 60.9 Å². The summed E-state index contributed by atoms with van der Waals surface area (Å²) in [6.07, 6.45) is 3.00. The van der Waals surface area contributed by atoms with Crippen LogP contribution in [0.25, 0.3) is 5.69 Å². The first-order valence-electron chi connectivity index (χ1n) is 9.94. The van der Waals surface area contributed by atoms with Gasteiger partial charge in [0.25, 0.3) is 0 Å². The van der Waals surface area contributed by atoms with E-state index in [1.54, 1.807) is 35.1 Å². The maximum atomic E-state index is 13.3. The second kappa shape index (κ2) is 8.05. The Hall–Kier alpha value is -2.57. The normalized spacial score (nSPS) is 17.9. The Morgan fingerprint density at radius 2 is 1.55 bits per heavy atom. The van der Waals surface area contributed by atoms with Gasteiger partial charge in [0.1, 0.15) is 11.6 Å². The number of nitrogens with zero attached hydrogens (tertiary/aromatic N) is 3. The van der Waals surface area contributed by atoms with Crippen LogP contribution in [0.1, 0.15) is 36.9 Å². The lowest BCUT2D eigenvalue weighted by Crippen LogP contribution is -2.47. The van der Waals surface area contributed by atoms with E-state index < -0.39 is 5.60 Å². The van der Waals surface area contributed by atoms with Gasteiger partial charge in [0, 0.05) is 37.4 Å². The van der Waals surface area contributed by atoms with Crippen molar-refractivity contribution in [1.29, 1.82) is 0 Å². The molecule has 1 N–H and O–H groups in total. The zero-order valence-corrected chi connectivity index (χ0v) is 16.4. The molecule has 0 radical (unpaired) electrons. The lowest BCUT2D eigenvalue weighted by atomic mass is 9.78. The molecule has 1 aliphatic heterocycles. The minimum Gasteiger partial charge on any atom is -0.389 e. The summed E-state index contributed by atoms with van der Waals surface area (Å²) in [7, 11) is 0. The van der Waals surface area contributed by atoms with E-state index in [1.807, 2.05) is 13.0 Å². The number of hydrogen-bond donors (Lipinski definition) is 1. The molecular formula is C23H25F2N3O. The van der Waals surface area contributed by atoms with Crippen LogP contribution in [0, 0.1) is 11.6 Å². The van der Waals surface area contributed by atoms with Crippen LogP contribution in [0.2, 0.25) is 0 Å². The highest BCUT2D eigenvalue weighted by Gasteiger charge is 2.39. The highest BCUT2D eigenvalue weighted by Crippen LogP contribution is 2.37. The number of aliphatic hydroxyl groups is 1. The van der Waals surface area contributed by atoms with Crippen molar-refractivity contribution in [1.82, 2.24) is 14.7 Å². The monoisotopic (exact) mass is 397 g/mol. The second-order valence-corrected chi connectivity index (χ2v) is 7.87. The number of benzene rings is 2. The number of aromatic nitrogens is 2. The van der Waals surface area contributed by atoms with Gasteiger partial charge in [0.2, 0.25) is 0 Å². The van der Waals surface area contributed by atoms with Crippen LogP contribution in [-0.2, 0) is 6.54 Å². The Balaban J connectivity index is 1.45. The van der Waals surface area contributed by atoms with E-state index in [2.05, 4.69) is 10.00 Å². The molecule has 6 heteroatoms. The van der Waals surface area contributed by atoms with Crippen LogP contribution < -0.4 is 0 Å². The van der Waals surface area contributed by atoms with Crippen molar-refractivity contribution >= 4 is 0 Å². The predicted molar refractivity (Wildman–Crippen MR) is 108 cm³/mol. The lowest BCUT2D eigenvalue weighted by Gasteiger charge is -2.42. The first-order valence-corrected chi connectivity index (χ1v) is 9.94. The van der Waals surface area contributed by atoms with Gasteiger partial charge in [-0.15, -0.1) is 0 Å². The molecule has 4 nitrogen and oxygen atoms in total. The molecule has 0 aliphatic carbocycles. The molecule has 29 heavy (non-hydrogen) atoms. The highest BCUT2D eigenvalue weighted by molar-refractivity contribution is 5.34. The van der Waals surface area contributed by atoms with Crippen molar-refractivity contribution < 1.29 is 13.9 Å². The molecule has 2 heterocycles. The number of piperidine rings is 1. The summed E-state index contributed by atoms with van der Waals surface area (Å²) in [4.78, 5) is 2.28. The van der Waals surface area contributed by atoms with Crippen molar-refractivity contribution in [3.05, 3.63) is 83.7 Å². The number of rotatable bonds is 5. The molecule has 4 rings (SSSR count). The summed E-state index contributed by atoms with van der Waals surface area (Å²) in [5.41, 5.74) is 1.91. The van der Waals surface area contributed by atoms with Gasteiger partial charge >= 0.3 is 0 Å². The molecule has 1 aromatic heterocycles. The molecule has 1 saturated heterocycles. The molecule has 2 aromatic carbocycles. The van der Waals surface area contributed by atoms with E-state index in [4.69, 9.17) is 0 Å². The fourth-order valence-electron chi connectivity index (χ4n) is 4.09. The second-order valence-electron chi connectivity index (χ2n) is 7.87. The Morgan fingerprint density at radius 1 is 0.966 bits per heavy atom. The van der Waals surface area contributed by atoms with Crippen molar-refractivity contribution in [2.24, 2.45) is 0 Å². The smallest absolute Gasteiger partial charge is 0.123 e. The van der Waals surface area contributed by atoms with Gasteiger partial charge in [0.15, 0.2) is 0 Å². The lowest BCUT2D eigenvalue weighted by molar-refractivity contribution is -0.0418. The summed E-state index contributed by atoms with van der Waals surface area (Å²) >= 11 is 0. The number of hydrogen-bond acceptors (Lipinski definition) is 3. The summed E-state index contributed by atoms with van der Waals surface area (Å²) in [6.45, 7) is 4.30. The summed E-state index contributed by atoms with van der Waals surface area (Å²) in [5.74, 6) is -0.640. The van der Waals surface area contributed by atoms with E-state index in [-0.39, 0.29) is 17.6 Å².